The van der Waals surface area contributed by atoms with Gasteiger partial charge in [0.15, 0.2) is 0 Å². The van der Waals surface area contributed by atoms with E-state index in [-0.39, 0.29) is 11.9 Å². The molecule has 0 aliphatic rings. The van der Waals surface area contributed by atoms with Gasteiger partial charge in [0.05, 0.1) is 24.6 Å². The van der Waals surface area contributed by atoms with Crippen LogP contribution in [0.1, 0.15) is 27.3 Å². The molecule has 138 valence electrons. The number of ether oxygens (including phenoxy) is 1. The van der Waals surface area contributed by atoms with Gasteiger partial charge in [0.2, 0.25) is 0 Å². The number of hydrogen-bond donors (Lipinski definition) is 2. The number of anilines is 2. The highest BCUT2D eigenvalue weighted by molar-refractivity contribution is 5.92. The summed E-state index contributed by atoms with van der Waals surface area (Å²) in [5.74, 6) is -0.558. The first-order valence-electron chi connectivity index (χ1n) is 8.34. The predicted molar refractivity (Wildman–Crippen MR) is 101 cm³/mol. The monoisotopic (exact) mass is 356 g/mol. The number of hydrogen-bond acceptors (Lipinski definition) is 6. The lowest BCUT2D eigenvalue weighted by atomic mass is 10.2. The summed E-state index contributed by atoms with van der Waals surface area (Å²) in [6.07, 6.45) is 2.49. The Morgan fingerprint density at radius 3 is 2.35 bits per heavy atom. The Hall–Kier alpha value is -2.93. The minimum absolute atomic E-state index is 0.183. The van der Waals surface area contributed by atoms with Gasteiger partial charge in [0.1, 0.15) is 5.69 Å². The average Bonchev–Trinajstić information content (AvgIpc) is 2.65. The number of rotatable bonds is 8. The Bertz CT molecular complexity index is 727. The maximum Gasteiger partial charge on any atom is 0.337 e. The molecule has 1 amide bonds. The SMILES string of the molecule is COC(=O)c1ccc(Nc2ccc(C(=O)NCCCN(C)C)nc2)cc1. The van der Waals surface area contributed by atoms with Crippen molar-refractivity contribution in [3.05, 3.63) is 53.9 Å². The lowest BCUT2D eigenvalue weighted by Crippen LogP contribution is -2.27. The smallest absolute Gasteiger partial charge is 0.337 e. The van der Waals surface area contributed by atoms with Crippen molar-refractivity contribution in [3.8, 4) is 0 Å². The Morgan fingerprint density at radius 2 is 1.77 bits per heavy atom. The Morgan fingerprint density at radius 1 is 1.08 bits per heavy atom. The van der Waals surface area contributed by atoms with Gasteiger partial charge < -0.3 is 20.3 Å². The van der Waals surface area contributed by atoms with Gasteiger partial charge in [0.25, 0.3) is 5.91 Å². The zero-order valence-electron chi connectivity index (χ0n) is 15.3. The number of aromatic nitrogens is 1. The normalized spacial score (nSPS) is 10.5. The molecule has 0 aliphatic carbocycles. The molecular weight excluding hydrogens is 332 g/mol. The van der Waals surface area contributed by atoms with Crippen LogP contribution in [-0.2, 0) is 4.74 Å². The highest BCUT2D eigenvalue weighted by Crippen LogP contribution is 2.17. The van der Waals surface area contributed by atoms with Crippen LogP contribution < -0.4 is 10.6 Å². The van der Waals surface area contributed by atoms with Crippen LogP contribution >= 0.6 is 0 Å². The van der Waals surface area contributed by atoms with Crippen LogP contribution in [0.2, 0.25) is 0 Å². The predicted octanol–water partition coefficient (Wildman–Crippen LogP) is 2.29. The molecule has 1 aromatic carbocycles. The van der Waals surface area contributed by atoms with E-state index in [0.29, 0.717) is 17.8 Å². The van der Waals surface area contributed by atoms with Crippen molar-refractivity contribution in [1.82, 2.24) is 15.2 Å². The molecule has 0 saturated carbocycles. The summed E-state index contributed by atoms with van der Waals surface area (Å²) in [6, 6.07) is 10.4. The van der Waals surface area contributed by atoms with Gasteiger partial charge >= 0.3 is 5.97 Å². The lowest BCUT2D eigenvalue weighted by molar-refractivity contribution is 0.0600. The van der Waals surface area contributed by atoms with Gasteiger partial charge in [-0.2, -0.15) is 0 Å². The summed E-state index contributed by atoms with van der Waals surface area (Å²) in [5, 5.41) is 6.02. The number of nitrogens with zero attached hydrogens (tertiary/aromatic N) is 2. The quantitative estimate of drug-likeness (QED) is 0.558. The van der Waals surface area contributed by atoms with Crippen molar-refractivity contribution in [2.75, 3.05) is 39.6 Å². The molecule has 0 atom stereocenters. The lowest BCUT2D eigenvalue weighted by Gasteiger charge is -2.10. The molecule has 0 radical (unpaired) electrons. The summed E-state index contributed by atoms with van der Waals surface area (Å²) in [4.78, 5) is 29.7. The number of benzene rings is 1. The van der Waals surface area contributed by atoms with E-state index in [9.17, 15) is 9.59 Å². The molecule has 0 unspecified atom stereocenters. The second-order valence-electron chi connectivity index (χ2n) is 6.04. The van der Waals surface area contributed by atoms with Crippen LogP contribution in [-0.4, -0.2) is 56.1 Å². The minimum atomic E-state index is -0.376. The van der Waals surface area contributed by atoms with Crippen molar-refractivity contribution in [1.29, 1.82) is 0 Å². The highest BCUT2D eigenvalue weighted by atomic mass is 16.5. The number of carbonyl (C=O) groups is 2. The fourth-order valence-electron chi connectivity index (χ4n) is 2.26. The molecular formula is C19H24N4O3. The molecule has 2 aromatic rings. The fraction of sp³-hybridized carbons (Fsp3) is 0.316. The number of nitrogens with one attached hydrogen (secondary N) is 2. The average molecular weight is 356 g/mol. The molecule has 2 rings (SSSR count). The van der Waals surface area contributed by atoms with E-state index in [4.69, 9.17) is 0 Å². The third kappa shape index (κ3) is 5.86. The van der Waals surface area contributed by atoms with Crippen LogP contribution in [0.5, 0.6) is 0 Å². The molecule has 1 heterocycles. The maximum absolute atomic E-state index is 12.0. The molecule has 0 saturated heterocycles. The third-order valence-electron chi connectivity index (χ3n) is 3.66. The van der Waals surface area contributed by atoms with Crippen LogP contribution in [0.3, 0.4) is 0 Å². The first-order valence-corrected chi connectivity index (χ1v) is 8.34. The topological polar surface area (TPSA) is 83.6 Å². The van der Waals surface area contributed by atoms with Crippen molar-refractivity contribution < 1.29 is 14.3 Å². The maximum atomic E-state index is 12.0. The second kappa shape index (κ2) is 9.53. The van der Waals surface area contributed by atoms with Crippen LogP contribution in [0.15, 0.2) is 42.6 Å². The highest BCUT2D eigenvalue weighted by Gasteiger charge is 2.07. The molecule has 7 heteroatoms. The van der Waals surface area contributed by atoms with E-state index >= 15 is 0 Å². The Labute approximate surface area is 153 Å². The summed E-state index contributed by atoms with van der Waals surface area (Å²) in [5.41, 5.74) is 2.42. The van der Waals surface area contributed by atoms with Gasteiger partial charge in [-0.25, -0.2) is 9.78 Å². The summed E-state index contributed by atoms with van der Waals surface area (Å²) in [6.45, 7) is 1.54. The van der Waals surface area contributed by atoms with Gasteiger partial charge in [-0.15, -0.1) is 0 Å². The van der Waals surface area contributed by atoms with E-state index in [1.807, 2.05) is 14.1 Å². The zero-order valence-corrected chi connectivity index (χ0v) is 15.3. The third-order valence-corrected chi connectivity index (χ3v) is 3.66. The van der Waals surface area contributed by atoms with E-state index in [1.54, 1.807) is 42.6 Å². The van der Waals surface area contributed by atoms with Crippen LogP contribution in [0.25, 0.3) is 0 Å². The van der Waals surface area contributed by atoms with E-state index < -0.39 is 0 Å². The first kappa shape index (κ1) is 19.4. The van der Waals surface area contributed by atoms with Gasteiger partial charge in [-0.3, -0.25) is 4.79 Å². The van der Waals surface area contributed by atoms with Crippen molar-refractivity contribution in [2.24, 2.45) is 0 Å². The number of amides is 1. The molecule has 26 heavy (non-hydrogen) atoms. The summed E-state index contributed by atoms with van der Waals surface area (Å²) < 4.78 is 4.67. The molecule has 7 nitrogen and oxygen atoms in total. The largest absolute Gasteiger partial charge is 0.465 e. The van der Waals surface area contributed by atoms with Gasteiger partial charge in [0, 0.05) is 12.2 Å². The first-order chi connectivity index (χ1) is 12.5. The van der Waals surface area contributed by atoms with Crippen LogP contribution in [0.4, 0.5) is 11.4 Å². The summed E-state index contributed by atoms with van der Waals surface area (Å²) in [7, 11) is 5.34. The Balaban J connectivity index is 1.88. The molecule has 2 N–H and O–H groups in total. The molecule has 1 aromatic heterocycles. The van der Waals surface area contributed by atoms with Gasteiger partial charge in [-0.1, -0.05) is 0 Å². The van der Waals surface area contributed by atoms with Crippen molar-refractivity contribution in [2.45, 2.75) is 6.42 Å². The van der Waals surface area contributed by atoms with E-state index in [1.165, 1.54) is 7.11 Å². The number of carbonyl (C=O) groups excluding carboxylic acids is 2. The van der Waals surface area contributed by atoms with Crippen molar-refractivity contribution in [3.63, 3.8) is 0 Å². The van der Waals surface area contributed by atoms with Crippen molar-refractivity contribution >= 4 is 23.3 Å². The molecule has 0 bridgehead atoms. The molecule has 0 spiro atoms. The minimum Gasteiger partial charge on any atom is -0.465 e. The number of pyridine rings is 1. The Kier molecular flexibility index (Phi) is 7.11. The van der Waals surface area contributed by atoms with E-state index in [0.717, 1.165) is 24.3 Å². The second-order valence-corrected chi connectivity index (χ2v) is 6.04. The standard InChI is InChI=1S/C19H24N4O3/c1-23(2)12-4-11-20-18(24)17-10-9-16(13-21-17)22-15-7-5-14(6-8-15)19(25)26-3/h5-10,13,22H,4,11-12H2,1-3H3,(H,20,24). The number of methoxy groups -OCH3 is 1. The molecule has 0 aliphatic heterocycles. The molecule has 0 fully saturated rings. The fourth-order valence-corrected chi connectivity index (χ4v) is 2.26. The van der Waals surface area contributed by atoms with E-state index in [2.05, 4.69) is 25.3 Å². The summed E-state index contributed by atoms with van der Waals surface area (Å²) >= 11 is 0. The van der Waals surface area contributed by atoms with Gasteiger partial charge in [-0.05, 0) is 63.5 Å². The van der Waals surface area contributed by atoms with Crippen LogP contribution in [0, 0.1) is 0 Å². The zero-order chi connectivity index (χ0) is 18.9. The number of esters is 1.